The van der Waals surface area contributed by atoms with Crippen LogP contribution in [-0.2, 0) is 4.74 Å². The third-order valence-electron chi connectivity index (χ3n) is 4.90. The van der Waals surface area contributed by atoms with Crippen LogP contribution in [0.5, 0.6) is 0 Å². The minimum atomic E-state index is -0.402. The van der Waals surface area contributed by atoms with E-state index in [2.05, 4.69) is 20.1 Å². The molecule has 8 nitrogen and oxygen atoms in total. The quantitative estimate of drug-likeness (QED) is 0.777. The van der Waals surface area contributed by atoms with E-state index in [9.17, 15) is 4.79 Å². The maximum absolute atomic E-state index is 13.1. The highest BCUT2D eigenvalue weighted by Crippen LogP contribution is 2.39. The van der Waals surface area contributed by atoms with Gasteiger partial charge in [0.2, 0.25) is 0 Å². The van der Waals surface area contributed by atoms with Crippen molar-refractivity contribution in [3.63, 3.8) is 0 Å². The van der Waals surface area contributed by atoms with E-state index >= 15 is 0 Å². The minimum Gasteiger partial charge on any atom is -0.362 e. The van der Waals surface area contributed by atoms with Crippen molar-refractivity contribution in [3.05, 3.63) is 41.8 Å². The van der Waals surface area contributed by atoms with Crippen LogP contribution in [-0.4, -0.2) is 50.1 Å². The van der Waals surface area contributed by atoms with Crippen molar-refractivity contribution in [2.24, 2.45) is 0 Å². The maximum Gasteiger partial charge on any atom is 0.257 e. The number of rotatable bonds is 3. The number of carbonyl (C=O) groups is 1. The first-order valence-electron chi connectivity index (χ1n) is 8.89. The van der Waals surface area contributed by atoms with Crippen LogP contribution < -0.4 is 0 Å². The molecular formula is C18H19N5O3. The van der Waals surface area contributed by atoms with Crippen molar-refractivity contribution >= 4 is 16.9 Å². The summed E-state index contributed by atoms with van der Waals surface area (Å²) in [7, 11) is 0. The van der Waals surface area contributed by atoms with Crippen molar-refractivity contribution < 1.29 is 14.1 Å². The van der Waals surface area contributed by atoms with Gasteiger partial charge in [-0.25, -0.2) is 4.98 Å². The Morgan fingerprint density at radius 2 is 2.19 bits per heavy atom. The molecule has 0 bridgehead atoms. The third kappa shape index (κ3) is 2.66. The molecule has 5 rings (SSSR count). The lowest BCUT2D eigenvalue weighted by Gasteiger charge is -2.35. The van der Waals surface area contributed by atoms with Crippen LogP contribution >= 0.6 is 0 Å². The molecule has 1 N–H and O–H groups in total. The summed E-state index contributed by atoms with van der Waals surface area (Å²) in [5, 5.41) is 4.06. The summed E-state index contributed by atoms with van der Waals surface area (Å²) in [4.78, 5) is 26.7. The first-order chi connectivity index (χ1) is 12.7. The number of hydrogen-bond acceptors (Lipinski definition) is 6. The highest BCUT2D eigenvalue weighted by Gasteiger charge is 2.35. The first-order valence-corrected chi connectivity index (χ1v) is 8.89. The number of imidazole rings is 1. The van der Waals surface area contributed by atoms with Crippen molar-refractivity contribution in [1.29, 1.82) is 0 Å². The Bertz CT molecular complexity index is 961. The first kappa shape index (κ1) is 15.5. The average molecular weight is 353 g/mol. The number of morpholine rings is 1. The van der Waals surface area contributed by atoms with Gasteiger partial charge in [0, 0.05) is 12.5 Å². The molecule has 134 valence electrons. The van der Waals surface area contributed by atoms with E-state index in [-0.39, 0.29) is 12.0 Å². The van der Waals surface area contributed by atoms with E-state index in [1.54, 1.807) is 17.3 Å². The molecule has 2 fully saturated rings. The largest absolute Gasteiger partial charge is 0.362 e. The number of hydrogen-bond donors (Lipinski definition) is 1. The Balaban J connectivity index is 1.41. The number of amides is 1. The van der Waals surface area contributed by atoms with Gasteiger partial charge in [0.15, 0.2) is 11.9 Å². The molecule has 1 aliphatic heterocycles. The van der Waals surface area contributed by atoms with Crippen LogP contribution in [0.3, 0.4) is 0 Å². The van der Waals surface area contributed by atoms with Crippen LogP contribution in [0.15, 0.2) is 29.0 Å². The highest BCUT2D eigenvalue weighted by atomic mass is 16.5. The van der Waals surface area contributed by atoms with E-state index < -0.39 is 6.10 Å². The van der Waals surface area contributed by atoms with Crippen molar-refractivity contribution in [1.82, 2.24) is 25.0 Å². The fourth-order valence-corrected chi connectivity index (χ4v) is 3.45. The molecule has 3 aromatic rings. The Morgan fingerprint density at radius 1 is 1.31 bits per heavy atom. The van der Waals surface area contributed by atoms with Crippen LogP contribution in [0.1, 0.15) is 53.9 Å². The van der Waals surface area contributed by atoms with Crippen molar-refractivity contribution in [2.45, 2.75) is 37.9 Å². The van der Waals surface area contributed by atoms with E-state index in [4.69, 9.17) is 9.26 Å². The Labute approximate surface area is 149 Å². The van der Waals surface area contributed by atoms with Crippen molar-refractivity contribution in [3.8, 4) is 0 Å². The van der Waals surface area contributed by atoms with E-state index in [0.29, 0.717) is 36.0 Å². The molecule has 0 unspecified atom stereocenters. The fourth-order valence-electron chi connectivity index (χ4n) is 3.45. The monoisotopic (exact) mass is 353 g/mol. The number of fused-ring (bicyclic) bond motifs is 1. The van der Waals surface area contributed by atoms with Gasteiger partial charge in [0.1, 0.15) is 5.52 Å². The second-order valence-corrected chi connectivity index (χ2v) is 7.01. The summed E-state index contributed by atoms with van der Waals surface area (Å²) in [6.45, 7) is 2.84. The summed E-state index contributed by atoms with van der Waals surface area (Å²) >= 11 is 0. The number of aromatic amines is 1. The Morgan fingerprint density at radius 3 is 3.04 bits per heavy atom. The summed E-state index contributed by atoms with van der Waals surface area (Å²) in [5.74, 6) is 1.56. The normalized spacial score (nSPS) is 23.5. The van der Waals surface area contributed by atoms with Crippen LogP contribution in [0, 0.1) is 0 Å². The van der Waals surface area contributed by atoms with E-state index in [1.165, 1.54) is 0 Å². The molecule has 2 aliphatic rings. The lowest BCUT2D eigenvalue weighted by atomic mass is 10.1. The molecule has 3 heterocycles. The Kier molecular flexibility index (Phi) is 3.53. The number of carbonyl (C=O) groups excluding carboxylic acids is 1. The maximum atomic E-state index is 13.1. The number of nitrogens with zero attached hydrogens (tertiary/aromatic N) is 4. The van der Waals surface area contributed by atoms with Gasteiger partial charge < -0.3 is 19.1 Å². The van der Waals surface area contributed by atoms with Crippen LogP contribution in [0.4, 0.5) is 0 Å². The number of H-pyrrole nitrogens is 1. The molecule has 0 radical (unpaired) electrons. The molecule has 2 aromatic heterocycles. The molecule has 2 atom stereocenters. The van der Waals surface area contributed by atoms with Gasteiger partial charge in [-0.15, -0.1) is 0 Å². The zero-order valence-corrected chi connectivity index (χ0v) is 14.4. The molecule has 1 saturated heterocycles. The number of benzene rings is 1. The van der Waals surface area contributed by atoms with Gasteiger partial charge in [-0.2, -0.15) is 4.98 Å². The molecular weight excluding hydrogens is 334 g/mol. The molecule has 0 spiro atoms. The van der Waals surface area contributed by atoms with Gasteiger partial charge in [0.25, 0.3) is 11.8 Å². The van der Waals surface area contributed by atoms with Gasteiger partial charge in [0.05, 0.1) is 30.1 Å². The second-order valence-electron chi connectivity index (χ2n) is 7.01. The molecule has 1 aromatic carbocycles. The predicted octanol–water partition coefficient (Wildman–Crippen LogP) is 2.43. The topological polar surface area (TPSA) is 97.1 Å². The fraction of sp³-hybridized carbons (Fsp3) is 0.444. The van der Waals surface area contributed by atoms with Gasteiger partial charge in [-0.3, -0.25) is 4.79 Å². The number of para-hydroxylation sites is 1. The molecule has 8 heteroatoms. The molecule has 1 saturated carbocycles. The van der Waals surface area contributed by atoms with Gasteiger partial charge >= 0.3 is 0 Å². The highest BCUT2D eigenvalue weighted by molar-refractivity contribution is 6.04. The standard InChI is InChI=1S/C18H19N5O3/c1-10-7-23(18(24)12-3-2-4-13-15(12)20-9-19-13)8-14(25-10)17-21-16(22-26-17)11-5-6-11/h2-4,9-11,14H,5-8H2,1H3,(H,19,20)/t10-,14-/m1/s1. The van der Waals surface area contributed by atoms with E-state index in [1.807, 2.05) is 19.1 Å². The lowest BCUT2D eigenvalue weighted by Crippen LogP contribution is -2.46. The Hall–Kier alpha value is -2.74. The lowest BCUT2D eigenvalue weighted by molar-refractivity contribution is -0.0809. The SMILES string of the molecule is C[C@@H]1CN(C(=O)c2cccc3[nH]cnc23)C[C@H](c2nc(C3CC3)no2)O1. The molecule has 1 amide bonds. The summed E-state index contributed by atoms with van der Waals surface area (Å²) in [6, 6.07) is 5.56. The predicted molar refractivity (Wildman–Crippen MR) is 91.6 cm³/mol. The minimum absolute atomic E-state index is 0.0650. The van der Waals surface area contributed by atoms with Crippen LogP contribution in [0.25, 0.3) is 11.0 Å². The zero-order chi connectivity index (χ0) is 17.7. The van der Waals surface area contributed by atoms with Crippen LogP contribution in [0.2, 0.25) is 0 Å². The van der Waals surface area contributed by atoms with Crippen molar-refractivity contribution in [2.75, 3.05) is 13.1 Å². The van der Waals surface area contributed by atoms with E-state index in [0.717, 1.165) is 24.2 Å². The summed E-state index contributed by atoms with van der Waals surface area (Å²) < 4.78 is 11.4. The molecule has 26 heavy (non-hydrogen) atoms. The second kappa shape index (κ2) is 5.91. The van der Waals surface area contributed by atoms with Gasteiger partial charge in [-0.05, 0) is 31.9 Å². The third-order valence-corrected chi connectivity index (χ3v) is 4.90. The number of aromatic nitrogens is 4. The number of nitrogens with one attached hydrogen (secondary N) is 1. The smallest absolute Gasteiger partial charge is 0.257 e. The average Bonchev–Trinajstić information content (AvgIpc) is 3.19. The zero-order valence-electron chi connectivity index (χ0n) is 14.4. The summed E-state index contributed by atoms with van der Waals surface area (Å²) in [5.41, 5.74) is 2.11. The summed E-state index contributed by atoms with van der Waals surface area (Å²) in [6.07, 6.45) is 3.30. The van der Waals surface area contributed by atoms with Gasteiger partial charge in [-0.1, -0.05) is 11.2 Å². The molecule has 1 aliphatic carbocycles. The number of ether oxygens (including phenoxy) is 1.